The molecule has 0 heterocycles. The first kappa shape index (κ1) is 22.2. The molecule has 2 rings (SSSR count). The largest absolute Gasteiger partial charge is 0.459 e. The van der Waals surface area contributed by atoms with Crippen LogP contribution in [-0.2, 0) is 14.3 Å². The Kier molecular flexibility index (Phi) is 7.70. The summed E-state index contributed by atoms with van der Waals surface area (Å²) < 4.78 is 20.8. The Labute approximate surface area is 173 Å². The molecule has 154 valence electrons. The van der Waals surface area contributed by atoms with Crippen molar-refractivity contribution in [2.24, 2.45) is 0 Å². The van der Waals surface area contributed by atoms with Gasteiger partial charge in [0.25, 0.3) is 0 Å². The molecule has 0 aliphatic heterocycles. The molecule has 0 radical (unpaired) electrons. The van der Waals surface area contributed by atoms with Crippen molar-refractivity contribution in [3.63, 3.8) is 0 Å². The van der Waals surface area contributed by atoms with Gasteiger partial charge < -0.3 is 18.9 Å². The van der Waals surface area contributed by atoms with Crippen LogP contribution < -0.4 is 14.2 Å². The predicted molar refractivity (Wildman–Crippen MR) is 109 cm³/mol. The van der Waals surface area contributed by atoms with Crippen LogP contribution in [0.3, 0.4) is 0 Å². The fourth-order valence-corrected chi connectivity index (χ4v) is 2.07. The van der Waals surface area contributed by atoms with E-state index in [0.29, 0.717) is 28.6 Å². The molecular weight excluding hydrogens is 388 g/mol. The molecule has 0 unspecified atom stereocenters. The number of allylic oxidation sites excluding steroid dienone is 2. The first-order valence-electron chi connectivity index (χ1n) is 8.78. The minimum absolute atomic E-state index is 0.289. The third-order valence-electron chi connectivity index (χ3n) is 3.70. The van der Waals surface area contributed by atoms with Crippen molar-refractivity contribution < 1.29 is 33.3 Å². The zero-order chi connectivity index (χ0) is 22.1. The van der Waals surface area contributed by atoms with Gasteiger partial charge in [0.2, 0.25) is 0 Å². The highest BCUT2D eigenvalue weighted by molar-refractivity contribution is 5.91. The maximum atomic E-state index is 12.3. The molecule has 0 aliphatic carbocycles. The highest BCUT2D eigenvalue weighted by atomic mass is 16.6. The van der Waals surface area contributed by atoms with Crippen molar-refractivity contribution in [2.45, 2.75) is 13.8 Å². The lowest BCUT2D eigenvalue weighted by molar-refractivity contribution is -0.134. The van der Waals surface area contributed by atoms with Gasteiger partial charge in [-0.2, -0.15) is 0 Å². The lowest BCUT2D eigenvalue weighted by Crippen LogP contribution is -2.08. The molecule has 0 bridgehead atoms. The van der Waals surface area contributed by atoms with E-state index in [-0.39, 0.29) is 5.75 Å². The lowest BCUT2D eigenvalue weighted by Gasteiger charge is -2.10. The first-order valence-corrected chi connectivity index (χ1v) is 8.78. The van der Waals surface area contributed by atoms with Gasteiger partial charge in [0.05, 0.1) is 5.56 Å². The molecule has 0 aromatic heterocycles. The molecule has 0 saturated carbocycles. The van der Waals surface area contributed by atoms with Crippen LogP contribution in [0.5, 0.6) is 17.2 Å². The molecular formula is C23H20O7. The second kappa shape index (κ2) is 10.4. The van der Waals surface area contributed by atoms with E-state index in [9.17, 15) is 14.4 Å². The summed E-state index contributed by atoms with van der Waals surface area (Å²) in [5.74, 6) is -0.00643. The number of carbonyl (C=O) groups excluding carboxylic acids is 3. The standard InChI is InChI=1S/C23H20O7/c1-5-21(24)28-16(4)15(3)27-18-9-7-17(8-10-18)23(26)30-20-13-11-19(12-14-20)29-22(25)6-2/h5-14H,1-2H2,3-4H3. The van der Waals surface area contributed by atoms with Crippen molar-refractivity contribution >= 4 is 17.9 Å². The highest BCUT2D eigenvalue weighted by Gasteiger charge is 2.11. The van der Waals surface area contributed by atoms with E-state index in [1.165, 1.54) is 36.4 Å². The van der Waals surface area contributed by atoms with Crippen LogP contribution in [0, 0.1) is 0 Å². The summed E-state index contributed by atoms with van der Waals surface area (Å²) in [6.07, 6.45) is 2.10. The minimum Gasteiger partial charge on any atom is -0.459 e. The van der Waals surface area contributed by atoms with Gasteiger partial charge in [-0.3, -0.25) is 0 Å². The van der Waals surface area contributed by atoms with E-state index in [0.717, 1.165) is 12.2 Å². The molecule has 0 aliphatic rings. The van der Waals surface area contributed by atoms with Crippen LogP contribution in [0.2, 0.25) is 0 Å². The molecule has 0 N–H and O–H groups in total. The smallest absolute Gasteiger partial charge is 0.343 e. The van der Waals surface area contributed by atoms with Crippen molar-refractivity contribution in [2.75, 3.05) is 0 Å². The molecule has 2 aromatic rings. The van der Waals surface area contributed by atoms with Crippen LogP contribution >= 0.6 is 0 Å². The predicted octanol–water partition coefficient (Wildman–Crippen LogP) is 4.36. The Morgan fingerprint density at radius 1 is 0.667 bits per heavy atom. The minimum atomic E-state index is -0.583. The summed E-state index contributed by atoms with van der Waals surface area (Å²) in [6, 6.07) is 12.2. The van der Waals surface area contributed by atoms with E-state index >= 15 is 0 Å². The van der Waals surface area contributed by atoms with Crippen molar-refractivity contribution in [1.29, 1.82) is 0 Å². The molecule has 7 heteroatoms. The molecule has 0 atom stereocenters. The molecule has 0 saturated heterocycles. The summed E-state index contributed by atoms with van der Waals surface area (Å²) >= 11 is 0. The number of rotatable bonds is 8. The zero-order valence-corrected chi connectivity index (χ0v) is 16.5. The fourth-order valence-electron chi connectivity index (χ4n) is 2.07. The van der Waals surface area contributed by atoms with Gasteiger partial charge >= 0.3 is 17.9 Å². The average Bonchev–Trinajstić information content (AvgIpc) is 2.75. The van der Waals surface area contributed by atoms with Gasteiger partial charge in [-0.05, 0) is 62.4 Å². The average molecular weight is 408 g/mol. The number of carbonyl (C=O) groups is 3. The highest BCUT2D eigenvalue weighted by Crippen LogP contribution is 2.21. The van der Waals surface area contributed by atoms with E-state index < -0.39 is 17.9 Å². The molecule has 7 nitrogen and oxygen atoms in total. The van der Waals surface area contributed by atoms with Crippen LogP contribution in [0.4, 0.5) is 0 Å². The molecule has 0 spiro atoms. The quantitative estimate of drug-likeness (QED) is 0.278. The number of esters is 3. The van der Waals surface area contributed by atoms with Gasteiger partial charge in [-0.1, -0.05) is 13.2 Å². The van der Waals surface area contributed by atoms with Crippen molar-refractivity contribution in [3.05, 3.63) is 90.9 Å². The van der Waals surface area contributed by atoms with Crippen LogP contribution in [-0.4, -0.2) is 17.9 Å². The zero-order valence-electron chi connectivity index (χ0n) is 16.5. The summed E-state index contributed by atoms with van der Waals surface area (Å²) in [6.45, 7) is 9.87. The summed E-state index contributed by atoms with van der Waals surface area (Å²) in [5.41, 5.74) is 0.306. The van der Waals surface area contributed by atoms with E-state index in [1.54, 1.807) is 26.0 Å². The molecule has 0 fully saturated rings. The summed E-state index contributed by atoms with van der Waals surface area (Å²) in [4.78, 5) is 34.7. The molecule has 0 amide bonds. The second-order valence-corrected chi connectivity index (χ2v) is 5.85. The fraction of sp³-hybridized carbons (Fsp3) is 0.0870. The van der Waals surface area contributed by atoms with Gasteiger partial charge in [-0.15, -0.1) is 0 Å². The Bertz CT molecular complexity index is 983. The van der Waals surface area contributed by atoms with Crippen LogP contribution in [0.25, 0.3) is 0 Å². The number of hydrogen-bond acceptors (Lipinski definition) is 7. The van der Waals surface area contributed by atoms with Crippen molar-refractivity contribution in [3.8, 4) is 17.2 Å². The van der Waals surface area contributed by atoms with Gasteiger partial charge in [0.15, 0.2) is 0 Å². The maximum absolute atomic E-state index is 12.3. The Balaban J connectivity index is 1.98. The first-order chi connectivity index (χ1) is 14.3. The van der Waals surface area contributed by atoms with E-state index in [1.807, 2.05) is 0 Å². The van der Waals surface area contributed by atoms with Crippen LogP contribution in [0.1, 0.15) is 24.2 Å². The lowest BCUT2D eigenvalue weighted by atomic mass is 10.2. The summed E-state index contributed by atoms with van der Waals surface area (Å²) in [7, 11) is 0. The Hall–Kier alpha value is -4.13. The SMILES string of the molecule is C=CC(=O)OC(C)=C(C)Oc1ccc(C(=O)Oc2ccc(OC(=O)C=C)cc2)cc1. The van der Waals surface area contributed by atoms with Gasteiger partial charge in [0.1, 0.15) is 28.8 Å². The monoisotopic (exact) mass is 408 g/mol. The number of ether oxygens (including phenoxy) is 4. The Morgan fingerprint density at radius 3 is 1.67 bits per heavy atom. The number of hydrogen-bond donors (Lipinski definition) is 0. The van der Waals surface area contributed by atoms with Gasteiger partial charge in [-0.25, -0.2) is 14.4 Å². The normalized spacial score (nSPS) is 10.9. The summed E-state index contributed by atoms with van der Waals surface area (Å²) in [5, 5.41) is 0. The maximum Gasteiger partial charge on any atom is 0.343 e. The third kappa shape index (κ3) is 6.49. The molecule has 2 aromatic carbocycles. The topological polar surface area (TPSA) is 88.1 Å². The third-order valence-corrected chi connectivity index (χ3v) is 3.70. The molecule has 30 heavy (non-hydrogen) atoms. The number of benzene rings is 2. The van der Waals surface area contributed by atoms with Gasteiger partial charge in [0, 0.05) is 12.2 Å². The van der Waals surface area contributed by atoms with Crippen LogP contribution in [0.15, 0.2) is 85.4 Å². The van der Waals surface area contributed by atoms with Crippen molar-refractivity contribution in [1.82, 2.24) is 0 Å². The van der Waals surface area contributed by atoms with E-state index in [4.69, 9.17) is 18.9 Å². The van der Waals surface area contributed by atoms with E-state index in [2.05, 4.69) is 13.2 Å². The second-order valence-electron chi connectivity index (χ2n) is 5.85. The Morgan fingerprint density at radius 2 is 1.13 bits per heavy atom.